The van der Waals surface area contributed by atoms with Crippen LogP contribution in [0.4, 0.5) is 0 Å². The number of allylic oxidation sites excluding steroid dienone is 1. The molecule has 1 heterocycles. The van der Waals surface area contributed by atoms with Gasteiger partial charge < -0.3 is 0 Å². The minimum Gasteiger partial charge on any atom is -0.251 e. The average Bonchev–Trinajstić information content (AvgIpc) is 2.15. The number of hydrogen-bond acceptors (Lipinski definition) is 4. The molecule has 72 valence electrons. The molecule has 2 N–H and O–H groups in total. The molecule has 0 aromatic carbocycles. The lowest BCUT2D eigenvalue weighted by Crippen LogP contribution is -2.33. The smallest absolute Gasteiger partial charge is 0.160 e. The lowest BCUT2D eigenvalue weighted by molar-refractivity contribution is 0.543. The van der Waals surface area contributed by atoms with Crippen molar-refractivity contribution in [2.24, 2.45) is 11.3 Å². The Morgan fingerprint density at radius 2 is 1.92 bits per heavy atom. The number of hydrazine groups is 1. The molecule has 1 fully saturated rings. The van der Waals surface area contributed by atoms with Gasteiger partial charge in [0.2, 0.25) is 0 Å². The van der Waals surface area contributed by atoms with Gasteiger partial charge in [-0.15, -0.1) is 0 Å². The molecule has 0 unspecified atom stereocenters. The van der Waals surface area contributed by atoms with E-state index in [4.69, 9.17) is 30.3 Å². The van der Waals surface area contributed by atoms with Crippen LogP contribution in [0.1, 0.15) is 20.8 Å². The molecule has 1 aliphatic rings. The Balaban J connectivity index is 2.92. The van der Waals surface area contributed by atoms with Gasteiger partial charge in [-0.3, -0.25) is 5.01 Å². The van der Waals surface area contributed by atoms with Crippen molar-refractivity contribution in [2.75, 3.05) is 0 Å². The Bertz CT molecular complexity index is 288. The van der Waals surface area contributed by atoms with E-state index in [1.54, 1.807) is 0 Å². The van der Waals surface area contributed by atoms with Crippen molar-refractivity contribution in [1.29, 1.82) is 0 Å². The van der Waals surface area contributed by atoms with E-state index in [9.17, 15) is 0 Å². The molecule has 1 saturated heterocycles. The van der Waals surface area contributed by atoms with E-state index in [1.807, 2.05) is 0 Å². The fraction of sp³-hybridized carbons (Fsp3) is 0.500. The fourth-order valence-corrected chi connectivity index (χ4v) is 2.60. The predicted octanol–water partition coefficient (Wildman–Crippen LogP) is 2.45. The molecule has 13 heavy (non-hydrogen) atoms. The Hall–Kier alpha value is 0.0300. The summed E-state index contributed by atoms with van der Waals surface area (Å²) in [5.74, 6) is 5.62. The highest BCUT2D eigenvalue weighted by molar-refractivity contribution is 8.27. The van der Waals surface area contributed by atoms with E-state index in [1.165, 1.54) is 16.8 Å². The third-order valence-corrected chi connectivity index (χ3v) is 3.28. The Morgan fingerprint density at radius 3 is 2.23 bits per heavy atom. The Labute approximate surface area is 93.5 Å². The number of thioether (sulfide) groups is 1. The zero-order chi connectivity index (χ0) is 10.2. The van der Waals surface area contributed by atoms with Crippen LogP contribution in [0, 0.1) is 5.41 Å². The van der Waals surface area contributed by atoms with Crippen LogP contribution >= 0.6 is 36.2 Å². The summed E-state index contributed by atoms with van der Waals surface area (Å²) < 4.78 is 0.625. The molecule has 0 aromatic rings. The van der Waals surface area contributed by atoms with Gasteiger partial charge in [0.15, 0.2) is 4.32 Å². The molecule has 5 heteroatoms. The minimum absolute atomic E-state index is 0.104. The summed E-state index contributed by atoms with van der Waals surface area (Å²) in [6, 6.07) is 0. The summed E-state index contributed by atoms with van der Waals surface area (Å²) >= 11 is 11.6. The van der Waals surface area contributed by atoms with E-state index in [0.717, 1.165) is 4.91 Å². The topological polar surface area (TPSA) is 29.3 Å². The molecule has 0 spiro atoms. The van der Waals surface area contributed by atoms with E-state index in [2.05, 4.69) is 26.8 Å². The second-order valence-corrected chi connectivity index (χ2v) is 5.98. The van der Waals surface area contributed by atoms with Gasteiger partial charge in [0, 0.05) is 4.91 Å². The van der Waals surface area contributed by atoms with Gasteiger partial charge in [-0.25, -0.2) is 5.84 Å². The van der Waals surface area contributed by atoms with Crippen molar-refractivity contribution in [3.63, 3.8) is 0 Å². The third kappa shape index (κ3) is 2.74. The highest BCUT2D eigenvalue weighted by Gasteiger charge is 2.27. The molecule has 0 radical (unpaired) electrons. The zero-order valence-electron chi connectivity index (χ0n) is 7.83. The summed E-state index contributed by atoms with van der Waals surface area (Å²) in [5, 5.41) is 1.38. The van der Waals surface area contributed by atoms with Crippen LogP contribution in [0.3, 0.4) is 0 Å². The van der Waals surface area contributed by atoms with E-state index < -0.39 is 0 Å². The van der Waals surface area contributed by atoms with Gasteiger partial charge in [0.1, 0.15) is 4.99 Å². The lowest BCUT2D eigenvalue weighted by Gasteiger charge is -2.13. The van der Waals surface area contributed by atoms with Gasteiger partial charge in [-0.2, -0.15) is 0 Å². The van der Waals surface area contributed by atoms with Crippen LogP contribution < -0.4 is 5.84 Å². The normalized spacial score (nSPS) is 21.8. The molecule has 1 aliphatic heterocycles. The molecule has 0 atom stereocenters. The molecule has 0 amide bonds. The maximum absolute atomic E-state index is 5.62. The first-order valence-corrected chi connectivity index (χ1v) is 5.48. The van der Waals surface area contributed by atoms with Gasteiger partial charge >= 0.3 is 0 Å². The lowest BCUT2D eigenvalue weighted by atomic mass is 9.96. The molecule has 0 aromatic heterocycles. The van der Waals surface area contributed by atoms with Gasteiger partial charge in [-0.05, 0) is 5.41 Å². The van der Waals surface area contributed by atoms with Crippen LogP contribution in [0.25, 0.3) is 0 Å². The maximum atomic E-state index is 5.62. The van der Waals surface area contributed by atoms with Crippen molar-refractivity contribution in [3.8, 4) is 0 Å². The second-order valence-electron chi connectivity index (χ2n) is 3.92. The standard InChI is InChI=1S/C8H12N2S3/c1-8(2,3)4-5-6(11)10(9)7(12)13-5/h4H,9H2,1-3H3/b5-4-. The fourth-order valence-electron chi connectivity index (χ4n) is 0.873. The highest BCUT2D eigenvalue weighted by Crippen LogP contribution is 2.33. The van der Waals surface area contributed by atoms with Gasteiger partial charge in [0.25, 0.3) is 0 Å². The van der Waals surface area contributed by atoms with Crippen molar-refractivity contribution in [2.45, 2.75) is 20.8 Å². The SMILES string of the molecule is CC(C)(C)/C=C1\SC(=S)N(N)C1=S. The molecule has 0 saturated carbocycles. The monoisotopic (exact) mass is 232 g/mol. The van der Waals surface area contributed by atoms with E-state index in [0.29, 0.717) is 9.31 Å². The van der Waals surface area contributed by atoms with Crippen LogP contribution in [-0.2, 0) is 0 Å². The van der Waals surface area contributed by atoms with Crippen molar-refractivity contribution in [3.05, 3.63) is 11.0 Å². The molecule has 0 aliphatic carbocycles. The second kappa shape index (κ2) is 3.65. The number of nitrogens with zero attached hydrogens (tertiary/aromatic N) is 1. The first-order chi connectivity index (χ1) is 5.81. The average molecular weight is 232 g/mol. The Morgan fingerprint density at radius 1 is 1.38 bits per heavy atom. The number of nitrogens with two attached hydrogens (primary N) is 1. The van der Waals surface area contributed by atoms with Gasteiger partial charge in [0.05, 0.1) is 0 Å². The van der Waals surface area contributed by atoms with Crippen LogP contribution in [0.15, 0.2) is 11.0 Å². The third-order valence-electron chi connectivity index (χ3n) is 1.39. The summed E-state index contributed by atoms with van der Waals surface area (Å²) in [6.45, 7) is 6.35. The molecule has 1 rings (SSSR count). The van der Waals surface area contributed by atoms with Crippen molar-refractivity contribution >= 4 is 45.5 Å². The first kappa shape index (κ1) is 11.1. The molecular formula is C8H12N2S3. The van der Waals surface area contributed by atoms with Crippen LogP contribution in [0.2, 0.25) is 0 Å². The number of hydrogen-bond donors (Lipinski definition) is 1. The van der Waals surface area contributed by atoms with E-state index >= 15 is 0 Å². The van der Waals surface area contributed by atoms with Gasteiger partial charge in [-0.1, -0.05) is 63.0 Å². The molecule has 2 nitrogen and oxygen atoms in total. The zero-order valence-corrected chi connectivity index (χ0v) is 10.3. The highest BCUT2D eigenvalue weighted by atomic mass is 32.2. The molecular weight excluding hydrogens is 220 g/mol. The number of thiocarbonyl (C=S) groups is 2. The van der Waals surface area contributed by atoms with Crippen molar-refractivity contribution < 1.29 is 0 Å². The Kier molecular flexibility index (Phi) is 3.12. The summed E-state index contributed by atoms with van der Waals surface area (Å²) in [5.41, 5.74) is 0.104. The van der Waals surface area contributed by atoms with E-state index in [-0.39, 0.29) is 5.41 Å². The molecule has 0 bridgehead atoms. The summed E-state index contributed by atoms with van der Waals surface area (Å²) in [4.78, 5) is 1.62. The summed E-state index contributed by atoms with van der Waals surface area (Å²) in [7, 11) is 0. The minimum atomic E-state index is 0.104. The summed E-state index contributed by atoms with van der Waals surface area (Å²) in [6.07, 6.45) is 2.10. The predicted molar refractivity (Wildman–Crippen MR) is 66.4 cm³/mol. The van der Waals surface area contributed by atoms with Crippen molar-refractivity contribution in [1.82, 2.24) is 5.01 Å². The van der Waals surface area contributed by atoms with Crippen LogP contribution in [0.5, 0.6) is 0 Å². The van der Waals surface area contributed by atoms with Crippen LogP contribution in [-0.4, -0.2) is 14.3 Å². The quantitative estimate of drug-likeness (QED) is 0.394. The number of rotatable bonds is 0. The maximum Gasteiger partial charge on any atom is 0.160 e. The largest absolute Gasteiger partial charge is 0.251 e. The first-order valence-electron chi connectivity index (χ1n) is 3.85.